The van der Waals surface area contributed by atoms with Gasteiger partial charge in [-0.1, -0.05) is 42.5 Å². The molecule has 2 N–H and O–H groups in total. The molecule has 2 amide bonds. The topological polar surface area (TPSA) is 67.4 Å². The highest BCUT2D eigenvalue weighted by molar-refractivity contribution is 5.94. The van der Waals surface area contributed by atoms with Crippen molar-refractivity contribution in [2.24, 2.45) is 0 Å². The minimum absolute atomic E-state index is 0.101. The number of rotatable bonds is 5. The summed E-state index contributed by atoms with van der Waals surface area (Å²) in [5, 5.41) is 5.60. The van der Waals surface area contributed by atoms with Crippen LogP contribution in [0.1, 0.15) is 42.3 Å². The van der Waals surface area contributed by atoms with Gasteiger partial charge in [0.05, 0.1) is 0 Å². The summed E-state index contributed by atoms with van der Waals surface area (Å²) < 4.78 is 5.19. The van der Waals surface area contributed by atoms with Crippen LogP contribution in [0.4, 0.5) is 4.79 Å². The van der Waals surface area contributed by atoms with Gasteiger partial charge in [0, 0.05) is 18.7 Å². The Morgan fingerprint density at radius 2 is 1.36 bits per heavy atom. The molecular formula is C20H24N2O3. The molecule has 0 bridgehead atoms. The molecular weight excluding hydrogens is 316 g/mol. The number of ether oxygens (including phenoxy) is 1. The molecule has 5 heteroatoms. The molecule has 0 saturated heterocycles. The maximum absolute atomic E-state index is 12.0. The van der Waals surface area contributed by atoms with Crippen molar-refractivity contribution in [3.63, 3.8) is 0 Å². The summed E-state index contributed by atoms with van der Waals surface area (Å²) in [4.78, 5) is 23.6. The minimum Gasteiger partial charge on any atom is -0.444 e. The molecule has 2 aromatic carbocycles. The summed E-state index contributed by atoms with van der Waals surface area (Å²) in [5.74, 6) is -0.101. The third-order valence-electron chi connectivity index (χ3n) is 3.35. The Balaban J connectivity index is 1.80. The van der Waals surface area contributed by atoms with E-state index in [4.69, 9.17) is 4.74 Å². The smallest absolute Gasteiger partial charge is 0.407 e. The van der Waals surface area contributed by atoms with Crippen LogP contribution in [0, 0.1) is 0 Å². The lowest BCUT2D eigenvalue weighted by Gasteiger charge is -2.19. The van der Waals surface area contributed by atoms with Gasteiger partial charge in [0.15, 0.2) is 0 Å². The van der Waals surface area contributed by atoms with Crippen LogP contribution in [0.3, 0.4) is 0 Å². The monoisotopic (exact) mass is 340 g/mol. The molecule has 5 nitrogen and oxygen atoms in total. The van der Waals surface area contributed by atoms with E-state index in [2.05, 4.69) is 10.6 Å². The highest BCUT2D eigenvalue weighted by atomic mass is 16.6. The average molecular weight is 340 g/mol. The number of benzene rings is 2. The maximum Gasteiger partial charge on any atom is 0.407 e. The maximum atomic E-state index is 12.0. The molecule has 0 atom stereocenters. The highest BCUT2D eigenvalue weighted by Crippen LogP contribution is 2.08. The quantitative estimate of drug-likeness (QED) is 0.873. The second-order valence-electron chi connectivity index (χ2n) is 6.72. The van der Waals surface area contributed by atoms with Gasteiger partial charge in [0.25, 0.3) is 5.91 Å². The first-order valence-electron chi connectivity index (χ1n) is 8.21. The van der Waals surface area contributed by atoms with E-state index in [-0.39, 0.29) is 5.91 Å². The zero-order chi connectivity index (χ0) is 18.3. The predicted octanol–water partition coefficient (Wildman–Crippen LogP) is 3.64. The summed E-state index contributed by atoms with van der Waals surface area (Å²) in [5.41, 5.74) is 2.08. The molecule has 0 spiro atoms. The van der Waals surface area contributed by atoms with E-state index in [1.54, 1.807) is 12.1 Å². The van der Waals surface area contributed by atoms with Crippen LogP contribution in [-0.2, 0) is 17.8 Å². The summed E-state index contributed by atoms with van der Waals surface area (Å²) in [6.07, 6.45) is -0.438. The third-order valence-corrected chi connectivity index (χ3v) is 3.35. The zero-order valence-electron chi connectivity index (χ0n) is 14.8. The fraction of sp³-hybridized carbons (Fsp3) is 0.300. The Hall–Kier alpha value is -2.82. The van der Waals surface area contributed by atoms with Crippen LogP contribution in [0.2, 0.25) is 0 Å². The lowest BCUT2D eigenvalue weighted by atomic mass is 10.1. The molecule has 25 heavy (non-hydrogen) atoms. The molecule has 0 aliphatic carbocycles. The number of carbonyl (C=O) groups excluding carboxylic acids is 2. The Bertz CT molecular complexity index is 704. The van der Waals surface area contributed by atoms with Crippen molar-refractivity contribution < 1.29 is 14.3 Å². The van der Waals surface area contributed by atoms with E-state index in [1.807, 2.05) is 63.2 Å². The Kier molecular flexibility index (Phi) is 6.17. The van der Waals surface area contributed by atoms with E-state index in [9.17, 15) is 9.59 Å². The number of amides is 2. The first-order chi connectivity index (χ1) is 11.8. The lowest BCUT2D eigenvalue weighted by molar-refractivity contribution is 0.0523. The number of nitrogens with one attached hydrogen (secondary N) is 2. The van der Waals surface area contributed by atoms with Gasteiger partial charge in [-0.2, -0.15) is 0 Å². The molecule has 0 fully saturated rings. The Morgan fingerprint density at radius 3 is 1.88 bits per heavy atom. The number of carbonyl (C=O) groups is 2. The van der Waals surface area contributed by atoms with Crippen molar-refractivity contribution in [2.45, 2.75) is 39.5 Å². The fourth-order valence-corrected chi connectivity index (χ4v) is 2.14. The van der Waals surface area contributed by atoms with Gasteiger partial charge in [0.1, 0.15) is 5.60 Å². The van der Waals surface area contributed by atoms with Crippen molar-refractivity contribution in [2.75, 3.05) is 0 Å². The molecule has 2 aromatic rings. The molecule has 0 radical (unpaired) electrons. The normalized spacial score (nSPS) is 10.8. The first-order valence-corrected chi connectivity index (χ1v) is 8.21. The number of hydrogen-bond donors (Lipinski definition) is 2. The van der Waals surface area contributed by atoms with Gasteiger partial charge in [0.2, 0.25) is 0 Å². The molecule has 132 valence electrons. The van der Waals surface area contributed by atoms with Crippen molar-refractivity contribution in [3.8, 4) is 0 Å². The van der Waals surface area contributed by atoms with Crippen LogP contribution in [0.15, 0.2) is 54.6 Å². The summed E-state index contributed by atoms with van der Waals surface area (Å²) in [6, 6.07) is 16.8. The molecule has 0 unspecified atom stereocenters. The lowest BCUT2D eigenvalue weighted by Crippen LogP contribution is -2.32. The third kappa shape index (κ3) is 6.67. The van der Waals surface area contributed by atoms with E-state index in [0.717, 1.165) is 11.1 Å². The number of alkyl carbamates (subject to hydrolysis) is 1. The van der Waals surface area contributed by atoms with Crippen LogP contribution < -0.4 is 10.6 Å². The molecule has 0 aliphatic rings. The zero-order valence-corrected chi connectivity index (χ0v) is 14.8. The highest BCUT2D eigenvalue weighted by Gasteiger charge is 2.15. The molecule has 0 saturated carbocycles. The largest absolute Gasteiger partial charge is 0.444 e. The fourth-order valence-electron chi connectivity index (χ4n) is 2.14. The SMILES string of the molecule is CC(C)(C)OC(=O)NCc1ccc(CNC(=O)c2ccccc2)cc1. The van der Waals surface area contributed by atoms with Crippen molar-refractivity contribution >= 4 is 12.0 Å². The van der Waals surface area contributed by atoms with Crippen molar-refractivity contribution in [1.82, 2.24) is 10.6 Å². The van der Waals surface area contributed by atoms with Gasteiger partial charge >= 0.3 is 6.09 Å². The summed E-state index contributed by atoms with van der Waals surface area (Å²) in [6.45, 7) is 6.32. The van der Waals surface area contributed by atoms with Gasteiger partial charge in [-0.15, -0.1) is 0 Å². The number of hydrogen-bond acceptors (Lipinski definition) is 3. The second-order valence-corrected chi connectivity index (χ2v) is 6.72. The Labute approximate surface area is 148 Å². The van der Waals surface area contributed by atoms with Crippen LogP contribution >= 0.6 is 0 Å². The molecule has 0 heterocycles. The molecule has 0 aliphatic heterocycles. The first kappa shape index (κ1) is 18.5. The molecule has 0 aromatic heterocycles. The van der Waals surface area contributed by atoms with E-state index in [0.29, 0.717) is 18.7 Å². The predicted molar refractivity (Wildman–Crippen MR) is 97.1 cm³/mol. The second kappa shape index (κ2) is 8.33. The van der Waals surface area contributed by atoms with Crippen molar-refractivity contribution in [1.29, 1.82) is 0 Å². The average Bonchev–Trinajstić information content (AvgIpc) is 2.58. The van der Waals surface area contributed by atoms with Crippen molar-refractivity contribution in [3.05, 3.63) is 71.3 Å². The van der Waals surface area contributed by atoms with E-state index >= 15 is 0 Å². The Morgan fingerprint density at radius 1 is 0.840 bits per heavy atom. The van der Waals surface area contributed by atoms with Crippen LogP contribution in [-0.4, -0.2) is 17.6 Å². The summed E-state index contributed by atoms with van der Waals surface area (Å²) in [7, 11) is 0. The van der Waals surface area contributed by atoms with E-state index in [1.165, 1.54) is 0 Å². The molecule has 2 rings (SSSR count). The van der Waals surface area contributed by atoms with Gasteiger partial charge < -0.3 is 15.4 Å². The van der Waals surface area contributed by atoms with Gasteiger partial charge in [-0.05, 0) is 44.0 Å². The van der Waals surface area contributed by atoms with E-state index < -0.39 is 11.7 Å². The summed E-state index contributed by atoms with van der Waals surface area (Å²) >= 11 is 0. The standard InChI is InChI=1S/C20H24N2O3/c1-20(2,3)25-19(24)22-14-16-11-9-15(10-12-16)13-21-18(23)17-7-5-4-6-8-17/h4-12H,13-14H2,1-3H3,(H,21,23)(H,22,24). The minimum atomic E-state index is -0.509. The van der Waals surface area contributed by atoms with Crippen LogP contribution in [0.25, 0.3) is 0 Å². The van der Waals surface area contributed by atoms with Gasteiger partial charge in [-0.25, -0.2) is 4.79 Å². The van der Waals surface area contributed by atoms with Gasteiger partial charge in [-0.3, -0.25) is 4.79 Å². The van der Waals surface area contributed by atoms with Crippen LogP contribution in [0.5, 0.6) is 0 Å².